The molecule has 0 saturated heterocycles. The molecular formula is C21H30O4S. The van der Waals surface area contributed by atoms with Crippen LogP contribution in [0.3, 0.4) is 0 Å². The Bertz CT molecular complexity index is 816. The minimum absolute atomic E-state index is 0.156. The summed E-state index contributed by atoms with van der Waals surface area (Å²) in [6.07, 6.45) is 7.93. The van der Waals surface area contributed by atoms with Crippen molar-refractivity contribution in [1.82, 2.24) is 0 Å². The van der Waals surface area contributed by atoms with Gasteiger partial charge < -0.3 is 9.84 Å². The number of hydrogen-bond acceptors (Lipinski definition) is 4. The lowest BCUT2D eigenvalue weighted by Crippen LogP contribution is -2.43. The SMILES string of the molecule is COc1cc2c(cc1O)CCC1C2CC[C@@]2(C)C1CC[C@@H]2CS(C)(=O)=O. The average Bonchev–Trinajstić information content (AvgIpc) is 2.89. The molecule has 0 radical (unpaired) electrons. The molecule has 3 unspecified atom stereocenters. The van der Waals surface area contributed by atoms with Gasteiger partial charge in [-0.3, -0.25) is 0 Å². The number of rotatable bonds is 3. The van der Waals surface area contributed by atoms with Crippen molar-refractivity contribution in [1.29, 1.82) is 0 Å². The largest absolute Gasteiger partial charge is 0.504 e. The van der Waals surface area contributed by atoms with Crippen LogP contribution >= 0.6 is 0 Å². The molecular weight excluding hydrogens is 348 g/mol. The first-order chi connectivity index (χ1) is 12.2. The van der Waals surface area contributed by atoms with Gasteiger partial charge in [0.2, 0.25) is 0 Å². The van der Waals surface area contributed by atoms with E-state index in [0.29, 0.717) is 35.2 Å². The Balaban J connectivity index is 1.65. The molecule has 0 amide bonds. The highest BCUT2D eigenvalue weighted by Crippen LogP contribution is 2.63. The highest BCUT2D eigenvalue weighted by molar-refractivity contribution is 7.90. The Morgan fingerprint density at radius 1 is 1.23 bits per heavy atom. The summed E-state index contributed by atoms with van der Waals surface area (Å²) in [4.78, 5) is 0. The van der Waals surface area contributed by atoms with Crippen LogP contribution in [-0.4, -0.2) is 32.6 Å². The molecule has 2 saturated carbocycles. The highest BCUT2D eigenvalue weighted by Gasteiger charge is 2.55. The molecule has 0 aliphatic heterocycles. The van der Waals surface area contributed by atoms with E-state index in [1.165, 1.54) is 17.4 Å². The van der Waals surface area contributed by atoms with Gasteiger partial charge in [-0.1, -0.05) is 6.92 Å². The van der Waals surface area contributed by atoms with E-state index < -0.39 is 9.84 Å². The van der Waals surface area contributed by atoms with E-state index in [1.54, 1.807) is 7.11 Å². The summed E-state index contributed by atoms with van der Waals surface area (Å²) in [7, 11) is -1.33. The zero-order valence-electron chi connectivity index (χ0n) is 16.0. The number of methoxy groups -OCH3 is 1. The Morgan fingerprint density at radius 2 is 2.00 bits per heavy atom. The van der Waals surface area contributed by atoms with Crippen LogP contribution in [0.5, 0.6) is 11.5 Å². The molecule has 4 rings (SSSR count). The van der Waals surface area contributed by atoms with Crippen molar-refractivity contribution in [3.63, 3.8) is 0 Å². The van der Waals surface area contributed by atoms with Gasteiger partial charge in [0, 0.05) is 6.26 Å². The van der Waals surface area contributed by atoms with Gasteiger partial charge in [0.25, 0.3) is 0 Å². The molecule has 0 bridgehead atoms. The molecule has 144 valence electrons. The van der Waals surface area contributed by atoms with Crippen molar-refractivity contribution in [3.8, 4) is 11.5 Å². The van der Waals surface area contributed by atoms with Crippen LogP contribution in [0.1, 0.15) is 56.1 Å². The van der Waals surface area contributed by atoms with Crippen LogP contribution in [0.15, 0.2) is 12.1 Å². The van der Waals surface area contributed by atoms with Gasteiger partial charge in [-0.15, -0.1) is 0 Å². The minimum atomic E-state index is -2.93. The lowest BCUT2D eigenvalue weighted by atomic mass is 9.54. The molecule has 3 aliphatic carbocycles. The third kappa shape index (κ3) is 2.83. The molecule has 0 spiro atoms. The third-order valence-corrected chi connectivity index (χ3v) is 8.73. The fourth-order valence-electron chi connectivity index (χ4n) is 6.50. The molecule has 0 aromatic heterocycles. The van der Waals surface area contributed by atoms with Crippen LogP contribution in [0, 0.1) is 23.2 Å². The Kier molecular flexibility index (Phi) is 4.29. The number of ether oxygens (including phenoxy) is 1. The quantitative estimate of drug-likeness (QED) is 0.866. The van der Waals surface area contributed by atoms with Gasteiger partial charge in [-0.25, -0.2) is 8.42 Å². The first-order valence-corrected chi connectivity index (χ1v) is 11.9. The molecule has 1 N–H and O–H groups in total. The number of aryl methyl sites for hydroxylation is 1. The van der Waals surface area contributed by atoms with Crippen LogP contribution in [-0.2, 0) is 16.3 Å². The Morgan fingerprint density at radius 3 is 2.69 bits per heavy atom. The summed E-state index contributed by atoms with van der Waals surface area (Å²) >= 11 is 0. The van der Waals surface area contributed by atoms with E-state index >= 15 is 0 Å². The second kappa shape index (κ2) is 6.15. The van der Waals surface area contributed by atoms with Gasteiger partial charge >= 0.3 is 0 Å². The molecule has 1 aromatic carbocycles. The van der Waals surface area contributed by atoms with E-state index in [4.69, 9.17) is 4.74 Å². The molecule has 1 aromatic rings. The lowest BCUT2D eigenvalue weighted by Gasteiger charge is -2.51. The molecule has 26 heavy (non-hydrogen) atoms. The number of aromatic hydroxyl groups is 1. The Labute approximate surface area is 156 Å². The van der Waals surface area contributed by atoms with E-state index in [0.717, 1.165) is 38.5 Å². The highest BCUT2D eigenvalue weighted by atomic mass is 32.2. The van der Waals surface area contributed by atoms with Gasteiger partial charge in [0.1, 0.15) is 9.84 Å². The maximum Gasteiger partial charge on any atom is 0.160 e. The summed E-state index contributed by atoms with van der Waals surface area (Å²) in [6.45, 7) is 2.35. The van der Waals surface area contributed by atoms with Crippen LogP contribution < -0.4 is 4.74 Å². The van der Waals surface area contributed by atoms with Crippen molar-refractivity contribution < 1.29 is 18.3 Å². The first kappa shape index (κ1) is 18.1. The summed E-state index contributed by atoms with van der Waals surface area (Å²) in [5, 5.41) is 10.1. The maximum atomic E-state index is 11.9. The standard InChI is InChI=1S/C21H30O4S/c1-21-9-8-15-16(18(21)7-5-14(21)12-26(3,23)24)6-4-13-10-19(22)20(25-2)11-17(13)15/h10-11,14-16,18,22H,4-9,12H2,1-3H3/t14-,15?,16?,18?,21-/m1/s1. The third-order valence-electron chi connectivity index (χ3n) is 7.72. The zero-order valence-corrected chi connectivity index (χ0v) is 16.8. The van der Waals surface area contributed by atoms with Crippen LogP contribution in [0.25, 0.3) is 0 Å². The van der Waals surface area contributed by atoms with Crippen molar-refractivity contribution in [2.75, 3.05) is 19.1 Å². The van der Waals surface area contributed by atoms with E-state index in [1.807, 2.05) is 12.1 Å². The normalized spacial score (nSPS) is 36.1. The molecule has 0 heterocycles. The maximum absolute atomic E-state index is 11.9. The van der Waals surface area contributed by atoms with Crippen molar-refractivity contribution >= 4 is 9.84 Å². The fraction of sp³-hybridized carbons (Fsp3) is 0.714. The number of phenolic OH excluding ortho intramolecular Hbond substituents is 1. The molecule has 5 atom stereocenters. The Hall–Kier alpha value is -1.23. The number of phenols is 1. The lowest BCUT2D eigenvalue weighted by molar-refractivity contribution is 0.0344. The number of fused-ring (bicyclic) bond motifs is 5. The van der Waals surface area contributed by atoms with Gasteiger partial charge in [0.05, 0.1) is 12.9 Å². The van der Waals surface area contributed by atoms with Crippen molar-refractivity contribution in [2.24, 2.45) is 23.2 Å². The molecule has 3 aliphatic rings. The number of sulfone groups is 1. The minimum Gasteiger partial charge on any atom is -0.504 e. The zero-order chi connectivity index (χ0) is 18.7. The second-order valence-corrected chi connectivity index (χ2v) is 11.2. The number of benzene rings is 1. The molecule has 5 heteroatoms. The van der Waals surface area contributed by atoms with E-state index in [9.17, 15) is 13.5 Å². The van der Waals surface area contributed by atoms with Crippen LogP contribution in [0.4, 0.5) is 0 Å². The van der Waals surface area contributed by atoms with Crippen molar-refractivity contribution in [3.05, 3.63) is 23.3 Å². The summed E-state index contributed by atoms with van der Waals surface area (Å²) in [6, 6.07) is 3.94. The monoisotopic (exact) mass is 378 g/mol. The number of hydrogen-bond donors (Lipinski definition) is 1. The van der Waals surface area contributed by atoms with Gasteiger partial charge in [0.15, 0.2) is 11.5 Å². The van der Waals surface area contributed by atoms with Gasteiger partial charge in [-0.05, 0) is 90.9 Å². The topological polar surface area (TPSA) is 63.6 Å². The van der Waals surface area contributed by atoms with Crippen LogP contribution in [0.2, 0.25) is 0 Å². The predicted molar refractivity (Wildman–Crippen MR) is 102 cm³/mol. The smallest absolute Gasteiger partial charge is 0.160 e. The van der Waals surface area contributed by atoms with Crippen molar-refractivity contribution in [2.45, 2.75) is 51.4 Å². The molecule has 2 fully saturated rings. The predicted octanol–water partition coefficient (Wildman–Crippen LogP) is 3.92. The van der Waals surface area contributed by atoms with E-state index in [2.05, 4.69) is 6.92 Å². The summed E-state index contributed by atoms with van der Waals surface area (Å²) < 4.78 is 29.2. The summed E-state index contributed by atoms with van der Waals surface area (Å²) in [5.41, 5.74) is 2.77. The van der Waals surface area contributed by atoms with E-state index in [-0.39, 0.29) is 11.2 Å². The second-order valence-electron chi connectivity index (χ2n) is 9.05. The summed E-state index contributed by atoms with van der Waals surface area (Å²) in [5.74, 6) is 3.21. The first-order valence-electron chi connectivity index (χ1n) is 9.80. The molecule has 4 nitrogen and oxygen atoms in total. The fourth-order valence-corrected chi connectivity index (χ4v) is 7.78. The average molecular weight is 379 g/mol. The van der Waals surface area contributed by atoms with Gasteiger partial charge in [-0.2, -0.15) is 0 Å².